The van der Waals surface area contributed by atoms with Gasteiger partial charge in [0.05, 0.1) is 10.5 Å². The number of anilines is 1. The van der Waals surface area contributed by atoms with Crippen molar-refractivity contribution in [2.45, 2.75) is 49.8 Å². The van der Waals surface area contributed by atoms with Crippen LogP contribution in [0.1, 0.15) is 63.3 Å². The Morgan fingerprint density at radius 3 is 2.29 bits per heavy atom. The molecule has 0 unspecified atom stereocenters. The molecule has 0 spiro atoms. The van der Waals surface area contributed by atoms with Crippen LogP contribution in [0.2, 0.25) is 0 Å². The number of benzene rings is 1. The van der Waals surface area contributed by atoms with Crippen LogP contribution in [0.4, 0.5) is 5.00 Å². The second-order valence-electron chi connectivity index (χ2n) is 7.94. The van der Waals surface area contributed by atoms with Crippen LogP contribution in [-0.2, 0) is 22.9 Å². The number of hydrogen-bond donors (Lipinski definition) is 2. The Balaban J connectivity index is 1.56. The number of nitrogens with zero attached hydrogens (tertiary/aromatic N) is 1. The minimum Gasteiger partial charge on any atom is -0.355 e. The minimum atomic E-state index is -3.52. The lowest BCUT2D eigenvalue weighted by Crippen LogP contribution is -2.27. The summed E-state index contributed by atoms with van der Waals surface area (Å²) in [5.41, 5.74) is 1.96. The van der Waals surface area contributed by atoms with Crippen molar-refractivity contribution in [3.63, 3.8) is 0 Å². The van der Waals surface area contributed by atoms with Gasteiger partial charge < -0.3 is 10.6 Å². The highest BCUT2D eigenvalue weighted by Gasteiger charge is 2.28. The van der Waals surface area contributed by atoms with Gasteiger partial charge in [-0.2, -0.15) is 4.31 Å². The molecule has 1 saturated heterocycles. The number of fused-ring (bicyclic) bond motifs is 1. The molecule has 0 bridgehead atoms. The normalized spacial score (nSPS) is 17.1. The van der Waals surface area contributed by atoms with E-state index in [9.17, 15) is 18.0 Å². The van der Waals surface area contributed by atoms with Gasteiger partial charge in [-0.05, 0) is 68.4 Å². The lowest BCUT2D eigenvalue weighted by Gasteiger charge is -2.15. The molecule has 166 valence electrons. The third kappa shape index (κ3) is 4.40. The van der Waals surface area contributed by atoms with Crippen LogP contribution in [0.25, 0.3) is 0 Å². The number of carbonyl (C=O) groups is 2. The number of sulfonamides is 1. The van der Waals surface area contributed by atoms with Gasteiger partial charge in [-0.3, -0.25) is 9.59 Å². The second kappa shape index (κ2) is 9.10. The SMILES string of the molecule is CNC(=O)c1c(NC(=O)c2ccc(S(=O)(=O)N3CCCC3)cc2)sc2c1CCCCC2. The maximum atomic E-state index is 12.9. The summed E-state index contributed by atoms with van der Waals surface area (Å²) in [5.74, 6) is -0.548. The summed E-state index contributed by atoms with van der Waals surface area (Å²) in [7, 11) is -1.92. The summed E-state index contributed by atoms with van der Waals surface area (Å²) in [6.07, 6.45) is 6.77. The predicted octanol–water partition coefficient (Wildman–Crippen LogP) is 3.41. The molecule has 7 nitrogen and oxygen atoms in total. The molecule has 1 aliphatic carbocycles. The molecule has 2 N–H and O–H groups in total. The van der Waals surface area contributed by atoms with E-state index in [1.165, 1.54) is 44.8 Å². The highest BCUT2D eigenvalue weighted by Crippen LogP contribution is 2.37. The van der Waals surface area contributed by atoms with Crippen molar-refractivity contribution in [3.05, 3.63) is 45.8 Å². The van der Waals surface area contributed by atoms with E-state index < -0.39 is 10.0 Å². The van der Waals surface area contributed by atoms with E-state index in [1.54, 1.807) is 7.05 Å². The van der Waals surface area contributed by atoms with E-state index in [0.29, 0.717) is 29.2 Å². The van der Waals surface area contributed by atoms with Crippen molar-refractivity contribution in [2.24, 2.45) is 0 Å². The highest BCUT2D eigenvalue weighted by molar-refractivity contribution is 7.89. The first-order valence-corrected chi connectivity index (χ1v) is 13.0. The molecule has 0 atom stereocenters. The van der Waals surface area contributed by atoms with E-state index in [2.05, 4.69) is 10.6 Å². The Bertz CT molecular complexity index is 1080. The average Bonchev–Trinajstić information content (AvgIpc) is 3.37. The van der Waals surface area contributed by atoms with Gasteiger partial charge in [0, 0.05) is 30.6 Å². The number of carbonyl (C=O) groups excluding carboxylic acids is 2. The van der Waals surface area contributed by atoms with Crippen molar-refractivity contribution in [1.29, 1.82) is 0 Å². The van der Waals surface area contributed by atoms with Gasteiger partial charge in [0.2, 0.25) is 10.0 Å². The largest absolute Gasteiger partial charge is 0.355 e. The maximum Gasteiger partial charge on any atom is 0.256 e. The zero-order chi connectivity index (χ0) is 22.0. The molecule has 2 heterocycles. The zero-order valence-corrected chi connectivity index (χ0v) is 19.2. The molecule has 31 heavy (non-hydrogen) atoms. The number of amides is 2. The smallest absolute Gasteiger partial charge is 0.256 e. The maximum absolute atomic E-state index is 12.9. The third-order valence-electron chi connectivity index (χ3n) is 5.92. The first-order chi connectivity index (χ1) is 14.9. The van der Waals surface area contributed by atoms with Gasteiger partial charge in [0.15, 0.2) is 0 Å². The lowest BCUT2D eigenvalue weighted by molar-refractivity contribution is 0.0963. The van der Waals surface area contributed by atoms with Gasteiger partial charge in [0.1, 0.15) is 5.00 Å². The molecular formula is C22H27N3O4S2. The van der Waals surface area contributed by atoms with Crippen molar-refractivity contribution < 1.29 is 18.0 Å². The Morgan fingerprint density at radius 1 is 0.935 bits per heavy atom. The Kier molecular flexibility index (Phi) is 6.45. The summed E-state index contributed by atoms with van der Waals surface area (Å²) in [4.78, 5) is 26.8. The summed E-state index contributed by atoms with van der Waals surface area (Å²) < 4.78 is 26.8. The molecule has 4 rings (SSSR count). The van der Waals surface area contributed by atoms with Crippen LogP contribution < -0.4 is 10.6 Å². The molecular weight excluding hydrogens is 434 g/mol. The third-order valence-corrected chi connectivity index (χ3v) is 9.04. The molecule has 2 aliphatic rings. The average molecular weight is 462 g/mol. The molecule has 2 aromatic rings. The minimum absolute atomic E-state index is 0.193. The van der Waals surface area contributed by atoms with Crippen LogP contribution in [0.15, 0.2) is 29.2 Å². The van der Waals surface area contributed by atoms with Gasteiger partial charge in [-0.15, -0.1) is 11.3 Å². The zero-order valence-electron chi connectivity index (χ0n) is 17.6. The quantitative estimate of drug-likeness (QED) is 0.667. The molecule has 1 fully saturated rings. The number of hydrogen-bond acceptors (Lipinski definition) is 5. The Morgan fingerprint density at radius 2 is 1.61 bits per heavy atom. The summed E-state index contributed by atoms with van der Waals surface area (Å²) in [6.45, 7) is 1.08. The van der Waals surface area contributed by atoms with Crippen molar-refractivity contribution >= 4 is 38.2 Å². The fourth-order valence-corrected chi connectivity index (χ4v) is 7.03. The molecule has 0 saturated carbocycles. The second-order valence-corrected chi connectivity index (χ2v) is 11.0. The predicted molar refractivity (Wildman–Crippen MR) is 121 cm³/mol. The fourth-order valence-electron chi connectivity index (χ4n) is 4.23. The first-order valence-electron chi connectivity index (χ1n) is 10.7. The van der Waals surface area contributed by atoms with E-state index in [4.69, 9.17) is 0 Å². The number of nitrogens with one attached hydrogen (secondary N) is 2. The van der Waals surface area contributed by atoms with E-state index in [0.717, 1.165) is 50.5 Å². The number of aryl methyl sites for hydroxylation is 1. The Labute approximate surface area is 186 Å². The number of rotatable bonds is 5. The standard InChI is InChI=1S/C22H27N3O4S2/c1-23-21(27)19-17-7-3-2-4-8-18(17)30-22(19)24-20(26)15-9-11-16(12-10-15)31(28,29)25-13-5-6-14-25/h9-12H,2-8,13-14H2,1H3,(H,23,27)(H,24,26). The highest BCUT2D eigenvalue weighted by atomic mass is 32.2. The van der Waals surface area contributed by atoms with E-state index >= 15 is 0 Å². The molecule has 0 radical (unpaired) electrons. The van der Waals surface area contributed by atoms with E-state index in [1.807, 2.05) is 0 Å². The van der Waals surface area contributed by atoms with Gasteiger partial charge in [0.25, 0.3) is 11.8 Å². The summed E-state index contributed by atoms with van der Waals surface area (Å²) in [6, 6.07) is 6.00. The molecule has 1 aromatic carbocycles. The monoisotopic (exact) mass is 461 g/mol. The fraction of sp³-hybridized carbons (Fsp3) is 0.455. The van der Waals surface area contributed by atoms with Crippen molar-refractivity contribution in [2.75, 3.05) is 25.5 Å². The summed E-state index contributed by atoms with van der Waals surface area (Å²) in [5, 5.41) is 6.14. The van der Waals surface area contributed by atoms with Crippen LogP contribution in [0.5, 0.6) is 0 Å². The van der Waals surface area contributed by atoms with Crippen LogP contribution in [-0.4, -0.2) is 44.7 Å². The van der Waals surface area contributed by atoms with Crippen LogP contribution in [0.3, 0.4) is 0 Å². The van der Waals surface area contributed by atoms with E-state index in [-0.39, 0.29) is 16.7 Å². The van der Waals surface area contributed by atoms with Gasteiger partial charge >= 0.3 is 0 Å². The molecule has 1 aliphatic heterocycles. The summed E-state index contributed by atoms with van der Waals surface area (Å²) >= 11 is 1.47. The molecule has 9 heteroatoms. The van der Waals surface area contributed by atoms with Crippen molar-refractivity contribution in [1.82, 2.24) is 9.62 Å². The topological polar surface area (TPSA) is 95.6 Å². The lowest BCUT2D eigenvalue weighted by atomic mass is 10.0. The van der Waals surface area contributed by atoms with Crippen LogP contribution >= 0.6 is 11.3 Å². The Hall–Kier alpha value is -2.23. The van der Waals surface area contributed by atoms with Crippen molar-refractivity contribution in [3.8, 4) is 0 Å². The van der Waals surface area contributed by atoms with Gasteiger partial charge in [-0.1, -0.05) is 6.42 Å². The molecule has 1 aromatic heterocycles. The molecule has 2 amide bonds. The van der Waals surface area contributed by atoms with Crippen LogP contribution in [0, 0.1) is 0 Å². The van der Waals surface area contributed by atoms with Gasteiger partial charge in [-0.25, -0.2) is 8.42 Å². The first kappa shape index (κ1) is 22.0. The number of thiophene rings is 1.